The van der Waals surface area contributed by atoms with E-state index in [0.717, 1.165) is 37.2 Å². The van der Waals surface area contributed by atoms with Crippen LogP contribution < -0.4 is 11.1 Å². The SMILES string of the molecule is Cl.Cl.NC1CNCC(c2ccc(C(F)(F)F)cc2)C1. The number of alkyl halides is 3. The van der Waals surface area contributed by atoms with Crippen molar-refractivity contribution < 1.29 is 13.2 Å². The van der Waals surface area contributed by atoms with E-state index in [1.165, 1.54) is 0 Å². The second-order valence-electron chi connectivity index (χ2n) is 4.47. The molecule has 1 aromatic rings. The molecule has 110 valence electrons. The lowest BCUT2D eigenvalue weighted by Gasteiger charge is -2.28. The molecule has 1 heterocycles. The molecule has 0 bridgehead atoms. The number of benzene rings is 1. The van der Waals surface area contributed by atoms with E-state index >= 15 is 0 Å². The number of nitrogens with one attached hydrogen (secondary N) is 1. The Kier molecular flexibility index (Phi) is 7.15. The normalized spacial score (nSPS) is 23.2. The predicted octanol–water partition coefficient (Wildman–Crippen LogP) is 2.95. The molecule has 0 spiro atoms. The van der Waals surface area contributed by atoms with Crippen LogP contribution in [0.1, 0.15) is 23.5 Å². The van der Waals surface area contributed by atoms with Crippen LogP contribution >= 0.6 is 24.8 Å². The molecular formula is C12H17Cl2F3N2. The average Bonchev–Trinajstić information content (AvgIpc) is 2.28. The van der Waals surface area contributed by atoms with Gasteiger partial charge in [-0.2, -0.15) is 13.2 Å². The lowest BCUT2D eigenvalue weighted by atomic mass is 9.89. The van der Waals surface area contributed by atoms with Crippen LogP contribution in [0.2, 0.25) is 0 Å². The van der Waals surface area contributed by atoms with E-state index in [-0.39, 0.29) is 36.8 Å². The minimum atomic E-state index is -4.26. The molecule has 1 aliphatic heterocycles. The summed E-state index contributed by atoms with van der Waals surface area (Å²) in [5.74, 6) is 0.209. The first kappa shape index (κ1) is 18.5. The van der Waals surface area contributed by atoms with Crippen LogP contribution in [0.25, 0.3) is 0 Å². The van der Waals surface area contributed by atoms with Crippen molar-refractivity contribution in [2.24, 2.45) is 5.73 Å². The second kappa shape index (κ2) is 7.33. The summed E-state index contributed by atoms with van der Waals surface area (Å²) in [5, 5.41) is 3.18. The third kappa shape index (κ3) is 4.84. The summed E-state index contributed by atoms with van der Waals surface area (Å²) in [6.07, 6.45) is -3.45. The summed E-state index contributed by atoms with van der Waals surface area (Å²) in [6.45, 7) is 1.55. The number of nitrogens with two attached hydrogens (primary N) is 1. The molecule has 1 aromatic carbocycles. The Morgan fingerprint density at radius 3 is 2.11 bits per heavy atom. The quantitative estimate of drug-likeness (QED) is 0.836. The van der Waals surface area contributed by atoms with Crippen LogP contribution in [-0.4, -0.2) is 19.1 Å². The number of hydrogen-bond donors (Lipinski definition) is 2. The third-order valence-electron chi connectivity index (χ3n) is 3.09. The van der Waals surface area contributed by atoms with Gasteiger partial charge >= 0.3 is 6.18 Å². The molecular weight excluding hydrogens is 300 g/mol. The largest absolute Gasteiger partial charge is 0.416 e. The molecule has 2 atom stereocenters. The van der Waals surface area contributed by atoms with E-state index < -0.39 is 11.7 Å². The molecule has 2 unspecified atom stereocenters. The maximum Gasteiger partial charge on any atom is 0.416 e. The molecule has 2 rings (SSSR count). The Bertz CT molecular complexity index is 382. The lowest BCUT2D eigenvalue weighted by molar-refractivity contribution is -0.137. The molecule has 0 radical (unpaired) electrons. The van der Waals surface area contributed by atoms with Gasteiger partial charge < -0.3 is 11.1 Å². The monoisotopic (exact) mass is 316 g/mol. The van der Waals surface area contributed by atoms with Crippen molar-refractivity contribution in [1.29, 1.82) is 0 Å². The van der Waals surface area contributed by atoms with E-state index in [4.69, 9.17) is 5.73 Å². The standard InChI is InChI=1S/C12H15F3N2.2ClH/c13-12(14,15)10-3-1-8(2-4-10)9-5-11(16)7-17-6-9;;/h1-4,9,11,17H,5-7,16H2;2*1H. The molecule has 0 saturated carbocycles. The molecule has 19 heavy (non-hydrogen) atoms. The van der Waals surface area contributed by atoms with Gasteiger partial charge in [-0.25, -0.2) is 0 Å². The highest BCUT2D eigenvalue weighted by Gasteiger charge is 2.30. The summed E-state index contributed by atoms with van der Waals surface area (Å²) >= 11 is 0. The first-order valence-electron chi connectivity index (χ1n) is 5.60. The minimum Gasteiger partial charge on any atom is -0.327 e. The topological polar surface area (TPSA) is 38.0 Å². The average molecular weight is 317 g/mol. The lowest BCUT2D eigenvalue weighted by Crippen LogP contribution is -2.43. The maximum atomic E-state index is 12.4. The highest BCUT2D eigenvalue weighted by atomic mass is 35.5. The highest BCUT2D eigenvalue weighted by Crippen LogP contribution is 2.31. The Morgan fingerprint density at radius 2 is 1.63 bits per heavy atom. The molecule has 0 aromatic heterocycles. The zero-order valence-electron chi connectivity index (χ0n) is 10.1. The van der Waals surface area contributed by atoms with Crippen LogP contribution in [0.15, 0.2) is 24.3 Å². The van der Waals surface area contributed by atoms with Crippen molar-refractivity contribution in [3.63, 3.8) is 0 Å². The Labute approximate surface area is 122 Å². The van der Waals surface area contributed by atoms with E-state index in [1.807, 2.05) is 0 Å². The van der Waals surface area contributed by atoms with E-state index in [2.05, 4.69) is 5.32 Å². The van der Waals surface area contributed by atoms with E-state index in [0.29, 0.717) is 0 Å². The number of piperidine rings is 1. The van der Waals surface area contributed by atoms with Gasteiger partial charge in [0, 0.05) is 19.1 Å². The Morgan fingerprint density at radius 1 is 1.05 bits per heavy atom. The van der Waals surface area contributed by atoms with Gasteiger partial charge in [-0.1, -0.05) is 12.1 Å². The third-order valence-corrected chi connectivity index (χ3v) is 3.09. The van der Waals surface area contributed by atoms with Crippen LogP contribution in [-0.2, 0) is 6.18 Å². The zero-order chi connectivity index (χ0) is 12.5. The van der Waals surface area contributed by atoms with Gasteiger partial charge in [-0.05, 0) is 30.0 Å². The smallest absolute Gasteiger partial charge is 0.327 e. The van der Waals surface area contributed by atoms with Gasteiger partial charge in [0.2, 0.25) is 0 Å². The fourth-order valence-electron chi connectivity index (χ4n) is 2.17. The first-order chi connectivity index (χ1) is 7.97. The molecule has 1 fully saturated rings. The van der Waals surface area contributed by atoms with Gasteiger partial charge in [-0.15, -0.1) is 24.8 Å². The van der Waals surface area contributed by atoms with Gasteiger partial charge in [0.1, 0.15) is 0 Å². The Balaban J connectivity index is 0.00000162. The van der Waals surface area contributed by atoms with Crippen LogP contribution in [0.3, 0.4) is 0 Å². The van der Waals surface area contributed by atoms with E-state index in [1.54, 1.807) is 12.1 Å². The van der Waals surface area contributed by atoms with Crippen molar-refractivity contribution in [3.8, 4) is 0 Å². The van der Waals surface area contributed by atoms with E-state index in [9.17, 15) is 13.2 Å². The van der Waals surface area contributed by atoms with Crippen LogP contribution in [0.5, 0.6) is 0 Å². The molecule has 0 amide bonds. The molecule has 7 heteroatoms. The number of halogens is 5. The fraction of sp³-hybridized carbons (Fsp3) is 0.500. The minimum absolute atomic E-state index is 0. The van der Waals surface area contributed by atoms with Crippen molar-refractivity contribution in [2.75, 3.05) is 13.1 Å². The van der Waals surface area contributed by atoms with Crippen LogP contribution in [0.4, 0.5) is 13.2 Å². The van der Waals surface area contributed by atoms with Gasteiger partial charge in [0.25, 0.3) is 0 Å². The molecule has 0 aliphatic carbocycles. The molecule has 2 nitrogen and oxygen atoms in total. The summed E-state index contributed by atoms with van der Waals surface area (Å²) in [6, 6.07) is 5.45. The second-order valence-corrected chi connectivity index (χ2v) is 4.47. The first-order valence-corrected chi connectivity index (χ1v) is 5.60. The van der Waals surface area contributed by atoms with Crippen molar-refractivity contribution in [3.05, 3.63) is 35.4 Å². The van der Waals surface area contributed by atoms with Crippen molar-refractivity contribution in [1.82, 2.24) is 5.32 Å². The zero-order valence-corrected chi connectivity index (χ0v) is 11.7. The van der Waals surface area contributed by atoms with Gasteiger partial charge in [0.15, 0.2) is 0 Å². The summed E-state index contributed by atoms with van der Waals surface area (Å²) in [4.78, 5) is 0. The Hall–Kier alpha value is -0.490. The van der Waals surface area contributed by atoms with Crippen molar-refractivity contribution >= 4 is 24.8 Å². The number of rotatable bonds is 1. The summed E-state index contributed by atoms with van der Waals surface area (Å²) < 4.78 is 37.2. The molecule has 3 N–H and O–H groups in total. The fourth-order valence-corrected chi connectivity index (χ4v) is 2.17. The molecule has 1 saturated heterocycles. The number of hydrogen-bond acceptors (Lipinski definition) is 2. The maximum absolute atomic E-state index is 12.4. The van der Waals surface area contributed by atoms with Crippen LogP contribution in [0, 0.1) is 0 Å². The predicted molar refractivity (Wildman–Crippen MR) is 74.1 cm³/mol. The van der Waals surface area contributed by atoms with Crippen molar-refractivity contribution in [2.45, 2.75) is 24.6 Å². The summed E-state index contributed by atoms with van der Waals surface area (Å²) in [5.41, 5.74) is 6.13. The summed E-state index contributed by atoms with van der Waals surface area (Å²) in [7, 11) is 0. The van der Waals surface area contributed by atoms with Gasteiger partial charge in [0.05, 0.1) is 5.56 Å². The molecule has 1 aliphatic rings. The van der Waals surface area contributed by atoms with Gasteiger partial charge in [-0.3, -0.25) is 0 Å². The highest BCUT2D eigenvalue weighted by molar-refractivity contribution is 5.85.